The number of aromatic nitrogens is 1. The predicted molar refractivity (Wildman–Crippen MR) is 132 cm³/mol. The minimum absolute atomic E-state index is 0.0355. The van der Waals surface area contributed by atoms with Gasteiger partial charge in [-0.05, 0) is 30.7 Å². The molecule has 2 saturated heterocycles. The Hall–Kier alpha value is -2.68. The zero-order chi connectivity index (χ0) is 23.2. The van der Waals surface area contributed by atoms with Crippen LogP contribution < -0.4 is 10.1 Å². The average Bonchev–Trinajstić information content (AvgIpc) is 3.56. The number of nitrogens with zero attached hydrogens (tertiary/aromatic N) is 3. The number of likely N-dealkylation sites (tertiary alicyclic amines) is 1. The second-order valence-corrected chi connectivity index (χ2v) is 10.6. The molecular formula is C25H25ClN4O3S. The number of carbonyl (C=O) groups excluding carboxylic acids is 2. The fourth-order valence-electron chi connectivity index (χ4n) is 5.09. The molecule has 1 atom stereocenters. The fraction of sp³-hybridized carbons (Fsp3) is 0.400. The third-order valence-corrected chi connectivity index (χ3v) is 8.13. The fourth-order valence-corrected chi connectivity index (χ4v) is 6.49. The number of hydrogen-bond acceptors (Lipinski definition) is 6. The zero-order valence-electron chi connectivity index (χ0n) is 18.7. The Morgan fingerprint density at radius 1 is 1.21 bits per heavy atom. The number of pyridine rings is 1. The molecule has 2 amide bonds. The molecule has 3 aliphatic heterocycles. The van der Waals surface area contributed by atoms with Crippen LogP contribution in [0.5, 0.6) is 5.75 Å². The van der Waals surface area contributed by atoms with Crippen LogP contribution in [-0.2, 0) is 22.6 Å². The third kappa shape index (κ3) is 3.93. The normalized spacial score (nSPS) is 20.1. The van der Waals surface area contributed by atoms with E-state index >= 15 is 0 Å². The van der Waals surface area contributed by atoms with Gasteiger partial charge < -0.3 is 19.9 Å². The van der Waals surface area contributed by atoms with Gasteiger partial charge in [-0.25, -0.2) is 0 Å². The maximum atomic E-state index is 13.1. The first-order chi connectivity index (χ1) is 16.6. The van der Waals surface area contributed by atoms with Crippen molar-refractivity contribution in [3.63, 3.8) is 0 Å². The minimum Gasteiger partial charge on any atom is -0.479 e. The first-order valence-electron chi connectivity index (χ1n) is 11.7. The molecule has 6 rings (SSSR count). The van der Waals surface area contributed by atoms with Crippen LogP contribution in [0.25, 0.3) is 21.3 Å². The maximum Gasteiger partial charge on any atom is 0.264 e. The van der Waals surface area contributed by atoms with Gasteiger partial charge in [0.15, 0.2) is 6.10 Å². The summed E-state index contributed by atoms with van der Waals surface area (Å²) in [5.74, 6) is 0.982. The summed E-state index contributed by atoms with van der Waals surface area (Å²) in [6.07, 6.45) is 3.34. The molecule has 0 unspecified atom stereocenters. The van der Waals surface area contributed by atoms with Crippen molar-refractivity contribution in [3.8, 4) is 16.9 Å². The highest BCUT2D eigenvalue weighted by Crippen LogP contribution is 2.45. The van der Waals surface area contributed by atoms with Crippen molar-refractivity contribution in [2.75, 3.05) is 32.7 Å². The van der Waals surface area contributed by atoms with E-state index < -0.39 is 6.10 Å². The van der Waals surface area contributed by atoms with E-state index in [2.05, 4.69) is 16.4 Å². The van der Waals surface area contributed by atoms with Gasteiger partial charge in [0.2, 0.25) is 5.91 Å². The first kappa shape index (κ1) is 21.8. The summed E-state index contributed by atoms with van der Waals surface area (Å²) in [6, 6.07) is 7.86. The van der Waals surface area contributed by atoms with Gasteiger partial charge in [-0.2, -0.15) is 0 Å². The Morgan fingerprint density at radius 3 is 2.85 bits per heavy atom. The summed E-state index contributed by atoms with van der Waals surface area (Å²) >= 11 is 8.18. The largest absolute Gasteiger partial charge is 0.479 e. The van der Waals surface area contributed by atoms with E-state index in [1.807, 2.05) is 28.0 Å². The molecule has 7 nitrogen and oxygen atoms in total. The van der Waals surface area contributed by atoms with Crippen molar-refractivity contribution < 1.29 is 14.3 Å². The van der Waals surface area contributed by atoms with Crippen LogP contribution in [0.3, 0.4) is 0 Å². The number of nitrogens with one attached hydrogen (secondary N) is 1. The Balaban J connectivity index is 1.34. The molecular weight excluding hydrogens is 472 g/mol. The summed E-state index contributed by atoms with van der Waals surface area (Å²) < 4.78 is 7.34. The van der Waals surface area contributed by atoms with Gasteiger partial charge in [-0.15, -0.1) is 11.3 Å². The van der Waals surface area contributed by atoms with Gasteiger partial charge in [0.1, 0.15) is 5.75 Å². The molecule has 0 bridgehead atoms. The van der Waals surface area contributed by atoms with Gasteiger partial charge in [0, 0.05) is 78.4 Å². The number of benzene rings is 1. The quantitative estimate of drug-likeness (QED) is 0.598. The Kier molecular flexibility index (Phi) is 5.67. The molecule has 1 aromatic carbocycles. The number of hydrogen-bond donors (Lipinski definition) is 1. The maximum absolute atomic E-state index is 13.1. The molecule has 9 heteroatoms. The highest BCUT2D eigenvalue weighted by Gasteiger charge is 2.35. The van der Waals surface area contributed by atoms with Gasteiger partial charge in [-0.3, -0.25) is 14.6 Å². The SMILES string of the molecule is O=C1CCCN1Cc1cc2nccc(-c3cc(Cl)cc4c3O[C@@H](C(=O)N3CCNCC3)C4)c2s1. The van der Waals surface area contributed by atoms with Crippen LogP contribution in [0, 0.1) is 0 Å². The van der Waals surface area contributed by atoms with Crippen LogP contribution >= 0.6 is 22.9 Å². The zero-order valence-corrected chi connectivity index (χ0v) is 20.3. The molecule has 2 aromatic heterocycles. The lowest BCUT2D eigenvalue weighted by Gasteiger charge is -2.29. The van der Waals surface area contributed by atoms with Gasteiger partial charge in [-0.1, -0.05) is 11.6 Å². The van der Waals surface area contributed by atoms with Crippen LogP contribution in [0.15, 0.2) is 30.5 Å². The van der Waals surface area contributed by atoms with Crippen molar-refractivity contribution in [3.05, 3.63) is 45.9 Å². The van der Waals surface area contributed by atoms with E-state index in [-0.39, 0.29) is 11.8 Å². The van der Waals surface area contributed by atoms with E-state index in [9.17, 15) is 9.59 Å². The number of amides is 2. The van der Waals surface area contributed by atoms with E-state index in [1.165, 1.54) is 0 Å². The molecule has 0 radical (unpaired) electrons. The standard InChI is InChI=1S/C25H25ClN4O3S/c26-16-10-15-11-21(25(32)29-8-5-27-6-9-29)33-23(15)19(12-16)18-3-4-28-20-13-17(34-24(18)20)14-30-7-1-2-22(30)31/h3-4,10,12-13,21,27H,1-2,5-9,11,14H2/t21-/m1/s1. The molecule has 2 fully saturated rings. The molecule has 3 aliphatic rings. The smallest absolute Gasteiger partial charge is 0.264 e. The summed E-state index contributed by atoms with van der Waals surface area (Å²) in [4.78, 5) is 34.7. The number of thiophene rings is 1. The van der Waals surface area contributed by atoms with E-state index in [0.29, 0.717) is 37.5 Å². The van der Waals surface area contributed by atoms with Gasteiger partial charge in [0.25, 0.3) is 5.91 Å². The number of halogens is 1. The number of ether oxygens (including phenoxy) is 1. The lowest BCUT2D eigenvalue weighted by Crippen LogP contribution is -2.50. The van der Waals surface area contributed by atoms with Crippen molar-refractivity contribution in [1.82, 2.24) is 20.1 Å². The van der Waals surface area contributed by atoms with Crippen LogP contribution in [0.4, 0.5) is 0 Å². The van der Waals surface area contributed by atoms with Crippen molar-refractivity contribution >= 4 is 45.0 Å². The first-order valence-corrected chi connectivity index (χ1v) is 12.9. The van der Waals surface area contributed by atoms with Gasteiger partial charge >= 0.3 is 0 Å². The Bertz CT molecular complexity index is 1290. The summed E-state index contributed by atoms with van der Waals surface area (Å²) in [7, 11) is 0. The monoisotopic (exact) mass is 496 g/mol. The number of piperazine rings is 1. The predicted octanol–water partition coefficient (Wildman–Crippen LogP) is 3.47. The average molecular weight is 497 g/mol. The topological polar surface area (TPSA) is 74.8 Å². The third-order valence-electron chi connectivity index (χ3n) is 6.77. The van der Waals surface area contributed by atoms with Crippen LogP contribution in [-0.4, -0.2) is 65.4 Å². The van der Waals surface area contributed by atoms with Gasteiger partial charge in [0.05, 0.1) is 16.8 Å². The molecule has 0 aliphatic carbocycles. The summed E-state index contributed by atoms with van der Waals surface area (Å²) in [5.41, 5.74) is 3.73. The highest BCUT2D eigenvalue weighted by molar-refractivity contribution is 7.19. The van der Waals surface area contributed by atoms with Crippen LogP contribution in [0.1, 0.15) is 23.3 Å². The van der Waals surface area contributed by atoms with Crippen molar-refractivity contribution in [1.29, 1.82) is 0 Å². The molecule has 3 aromatic rings. The Labute approximate surface area is 206 Å². The number of carbonyl (C=O) groups is 2. The second-order valence-electron chi connectivity index (χ2n) is 9.03. The molecule has 34 heavy (non-hydrogen) atoms. The molecule has 1 N–H and O–H groups in total. The van der Waals surface area contributed by atoms with E-state index in [1.54, 1.807) is 17.5 Å². The van der Waals surface area contributed by atoms with Crippen molar-refractivity contribution in [2.45, 2.75) is 31.9 Å². The van der Waals surface area contributed by atoms with E-state index in [4.69, 9.17) is 16.3 Å². The number of fused-ring (bicyclic) bond motifs is 2. The highest BCUT2D eigenvalue weighted by atomic mass is 35.5. The minimum atomic E-state index is -0.525. The molecule has 0 saturated carbocycles. The lowest BCUT2D eigenvalue weighted by molar-refractivity contribution is -0.138. The van der Waals surface area contributed by atoms with Crippen molar-refractivity contribution in [2.24, 2.45) is 0 Å². The molecule has 5 heterocycles. The lowest BCUT2D eigenvalue weighted by atomic mass is 10.0. The molecule has 176 valence electrons. The molecule has 0 spiro atoms. The number of rotatable bonds is 4. The van der Waals surface area contributed by atoms with E-state index in [0.717, 1.165) is 63.6 Å². The summed E-state index contributed by atoms with van der Waals surface area (Å²) in [5, 5.41) is 3.90. The summed E-state index contributed by atoms with van der Waals surface area (Å²) in [6.45, 7) is 4.44. The second kappa shape index (κ2) is 8.83. The Morgan fingerprint density at radius 2 is 2.06 bits per heavy atom. The van der Waals surface area contributed by atoms with Crippen LogP contribution in [0.2, 0.25) is 5.02 Å².